The summed E-state index contributed by atoms with van der Waals surface area (Å²) in [5, 5.41) is 11.5. The molecule has 0 saturated heterocycles. The van der Waals surface area contributed by atoms with Crippen molar-refractivity contribution in [1.29, 1.82) is 0 Å². The third-order valence-electron chi connectivity index (χ3n) is 2.92. The highest BCUT2D eigenvalue weighted by Gasteiger charge is 2.06. The molecule has 20 heavy (non-hydrogen) atoms. The molecule has 0 aliphatic heterocycles. The van der Waals surface area contributed by atoms with Crippen molar-refractivity contribution in [2.75, 3.05) is 0 Å². The van der Waals surface area contributed by atoms with Crippen LogP contribution >= 0.6 is 11.8 Å². The van der Waals surface area contributed by atoms with Crippen molar-refractivity contribution in [3.8, 4) is 0 Å². The molecule has 0 aliphatic carbocycles. The largest absolute Gasteiger partial charge is 0.295 e. The number of aromatic nitrogens is 2. The van der Waals surface area contributed by atoms with E-state index in [1.165, 1.54) is 12.1 Å². The summed E-state index contributed by atoms with van der Waals surface area (Å²) in [5.41, 5.74) is 2.21. The topological polar surface area (TPSA) is 60.4 Å². The molecule has 0 amide bonds. The third-order valence-corrected chi connectivity index (χ3v) is 3.96. The average Bonchev–Trinajstić information content (AvgIpc) is 2.89. The number of imidazole rings is 1. The summed E-state index contributed by atoms with van der Waals surface area (Å²) in [5.74, 6) is 0.728. The fourth-order valence-electron chi connectivity index (χ4n) is 1.89. The van der Waals surface area contributed by atoms with Crippen LogP contribution in [-0.4, -0.2) is 14.3 Å². The number of hydrogen-bond acceptors (Lipinski definition) is 4. The molecule has 0 saturated carbocycles. The van der Waals surface area contributed by atoms with Crippen LogP contribution in [0.25, 0.3) is 5.52 Å². The molecule has 0 bridgehead atoms. The lowest BCUT2D eigenvalue weighted by Crippen LogP contribution is -1.89. The lowest BCUT2D eigenvalue weighted by atomic mass is 10.2. The van der Waals surface area contributed by atoms with Crippen molar-refractivity contribution >= 4 is 23.0 Å². The van der Waals surface area contributed by atoms with Crippen LogP contribution in [0.3, 0.4) is 0 Å². The maximum absolute atomic E-state index is 10.6. The van der Waals surface area contributed by atoms with Crippen molar-refractivity contribution in [1.82, 2.24) is 9.38 Å². The Morgan fingerprint density at radius 2 is 2.00 bits per heavy atom. The van der Waals surface area contributed by atoms with Crippen LogP contribution in [0.5, 0.6) is 0 Å². The maximum Gasteiger partial charge on any atom is 0.269 e. The van der Waals surface area contributed by atoms with Crippen LogP contribution in [0, 0.1) is 10.1 Å². The summed E-state index contributed by atoms with van der Waals surface area (Å²) in [4.78, 5) is 14.6. The van der Waals surface area contributed by atoms with E-state index >= 15 is 0 Å². The van der Waals surface area contributed by atoms with Gasteiger partial charge in [0.1, 0.15) is 0 Å². The van der Waals surface area contributed by atoms with Crippen LogP contribution in [0.4, 0.5) is 5.69 Å². The molecule has 100 valence electrons. The molecular formula is C14H11N3O2S. The first-order chi connectivity index (χ1) is 9.74. The van der Waals surface area contributed by atoms with Gasteiger partial charge < -0.3 is 0 Å². The molecule has 3 rings (SSSR count). The smallest absolute Gasteiger partial charge is 0.269 e. The van der Waals surface area contributed by atoms with E-state index in [9.17, 15) is 10.1 Å². The summed E-state index contributed by atoms with van der Waals surface area (Å²) in [7, 11) is 0. The van der Waals surface area contributed by atoms with E-state index in [0.29, 0.717) is 0 Å². The van der Waals surface area contributed by atoms with E-state index in [2.05, 4.69) is 4.98 Å². The lowest BCUT2D eigenvalue weighted by Gasteiger charge is -2.01. The third kappa shape index (κ3) is 2.50. The first kappa shape index (κ1) is 12.7. The van der Waals surface area contributed by atoms with Gasteiger partial charge in [-0.1, -0.05) is 30.0 Å². The molecule has 0 aliphatic rings. The number of nitrogens with zero attached hydrogens (tertiary/aromatic N) is 3. The Hall–Kier alpha value is -2.34. The number of nitro groups is 1. The fraction of sp³-hybridized carbons (Fsp3) is 0.0714. The van der Waals surface area contributed by atoms with Gasteiger partial charge in [-0.15, -0.1) is 0 Å². The Morgan fingerprint density at radius 3 is 2.75 bits per heavy atom. The van der Waals surface area contributed by atoms with Gasteiger partial charge in [-0.2, -0.15) is 0 Å². The predicted molar refractivity (Wildman–Crippen MR) is 77.8 cm³/mol. The highest BCUT2D eigenvalue weighted by molar-refractivity contribution is 7.98. The van der Waals surface area contributed by atoms with Crippen molar-refractivity contribution < 1.29 is 4.92 Å². The van der Waals surface area contributed by atoms with Crippen LogP contribution in [-0.2, 0) is 5.75 Å². The zero-order valence-electron chi connectivity index (χ0n) is 10.5. The molecule has 3 aromatic rings. The molecule has 6 heteroatoms. The van der Waals surface area contributed by atoms with E-state index in [1.807, 2.05) is 35.0 Å². The molecule has 1 aromatic carbocycles. The van der Waals surface area contributed by atoms with Gasteiger partial charge in [-0.25, -0.2) is 4.98 Å². The number of benzene rings is 1. The molecule has 2 aromatic heterocycles. The standard InChI is InChI=1S/C14H11N3O2S/c18-17(19)12-6-4-11(5-7-12)10-20-14-15-9-13-3-1-2-8-16(13)14/h1-9H,10H2. The number of hydrogen-bond donors (Lipinski definition) is 0. The lowest BCUT2D eigenvalue weighted by molar-refractivity contribution is -0.384. The summed E-state index contributed by atoms with van der Waals surface area (Å²) in [6.07, 6.45) is 3.80. The van der Waals surface area contributed by atoms with E-state index < -0.39 is 0 Å². The zero-order chi connectivity index (χ0) is 13.9. The maximum atomic E-state index is 10.6. The van der Waals surface area contributed by atoms with Gasteiger partial charge in [0.25, 0.3) is 5.69 Å². The van der Waals surface area contributed by atoms with Gasteiger partial charge in [0.05, 0.1) is 16.6 Å². The van der Waals surface area contributed by atoms with Gasteiger partial charge in [-0.05, 0) is 17.7 Å². The van der Waals surface area contributed by atoms with Crippen molar-refractivity contribution in [3.63, 3.8) is 0 Å². The Bertz CT molecular complexity index is 752. The molecule has 0 atom stereocenters. The molecular weight excluding hydrogens is 274 g/mol. The predicted octanol–water partition coefficient (Wildman–Crippen LogP) is 3.53. The molecule has 0 fully saturated rings. The van der Waals surface area contributed by atoms with E-state index in [-0.39, 0.29) is 10.6 Å². The quantitative estimate of drug-likeness (QED) is 0.418. The Labute approximate surface area is 119 Å². The average molecular weight is 285 g/mol. The summed E-state index contributed by atoms with van der Waals surface area (Å²) in [6.45, 7) is 0. The van der Waals surface area contributed by atoms with Gasteiger partial charge >= 0.3 is 0 Å². The van der Waals surface area contributed by atoms with Crippen LogP contribution in [0.2, 0.25) is 0 Å². The first-order valence-corrected chi connectivity index (χ1v) is 7.01. The second-order valence-corrected chi connectivity index (χ2v) is 5.19. The minimum Gasteiger partial charge on any atom is -0.295 e. The normalized spacial score (nSPS) is 10.8. The van der Waals surface area contributed by atoms with E-state index in [0.717, 1.165) is 22.0 Å². The number of rotatable bonds is 4. The van der Waals surface area contributed by atoms with Gasteiger partial charge in [0, 0.05) is 24.1 Å². The molecule has 5 nitrogen and oxygen atoms in total. The number of non-ortho nitro benzene ring substituents is 1. The van der Waals surface area contributed by atoms with Crippen molar-refractivity contribution in [2.24, 2.45) is 0 Å². The second-order valence-electron chi connectivity index (χ2n) is 4.25. The van der Waals surface area contributed by atoms with Gasteiger partial charge in [-0.3, -0.25) is 14.5 Å². The number of thioether (sulfide) groups is 1. The summed E-state index contributed by atoms with van der Waals surface area (Å²) in [6, 6.07) is 12.6. The highest BCUT2D eigenvalue weighted by atomic mass is 32.2. The molecule has 0 spiro atoms. The fourth-order valence-corrected chi connectivity index (χ4v) is 2.81. The van der Waals surface area contributed by atoms with Gasteiger partial charge in [0.2, 0.25) is 0 Å². The molecule has 0 radical (unpaired) electrons. The number of pyridine rings is 1. The SMILES string of the molecule is O=[N+]([O-])c1ccc(CSc2ncc3ccccn23)cc1. The van der Waals surface area contributed by atoms with Crippen molar-refractivity contribution in [3.05, 3.63) is 70.5 Å². The highest BCUT2D eigenvalue weighted by Crippen LogP contribution is 2.23. The first-order valence-electron chi connectivity index (χ1n) is 6.02. The van der Waals surface area contributed by atoms with Gasteiger partial charge in [0.15, 0.2) is 5.16 Å². The molecule has 0 unspecified atom stereocenters. The molecule has 2 heterocycles. The van der Waals surface area contributed by atoms with E-state index in [4.69, 9.17) is 0 Å². The monoisotopic (exact) mass is 285 g/mol. The van der Waals surface area contributed by atoms with Crippen LogP contribution in [0.15, 0.2) is 60.0 Å². The van der Waals surface area contributed by atoms with E-state index in [1.54, 1.807) is 23.9 Å². The Kier molecular flexibility index (Phi) is 3.39. The van der Waals surface area contributed by atoms with Crippen LogP contribution in [0.1, 0.15) is 5.56 Å². The Morgan fingerprint density at radius 1 is 1.20 bits per heavy atom. The summed E-state index contributed by atoms with van der Waals surface area (Å²) < 4.78 is 2.02. The van der Waals surface area contributed by atoms with Crippen molar-refractivity contribution in [2.45, 2.75) is 10.9 Å². The Balaban J connectivity index is 1.74. The number of fused-ring (bicyclic) bond motifs is 1. The minimum absolute atomic E-state index is 0.116. The van der Waals surface area contributed by atoms with Crippen LogP contribution < -0.4 is 0 Å². The molecule has 0 N–H and O–H groups in total. The second kappa shape index (κ2) is 5.34. The minimum atomic E-state index is -0.390. The zero-order valence-corrected chi connectivity index (χ0v) is 11.3. The number of nitro benzene ring substituents is 1. The summed E-state index contributed by atoms with van der Waals surface area (Å²) >= 11 is 1.61.